The summed E-state index contributed by atoms with van der Waals surface area (Å²) in [5, 5.41) is 1.17. The highest BCUT2D eigenvalue weighted by Crippen LogP contribution is 2.24. The number of pyridine rings is 1. The zero-order valence-electron chi connectivity index (χ0n) is 10.9. The van der Waals surface area contributed by atoms with Crippen LogP contribution in [-0.4, -0.2) is 4.98 Å². The third-order valence-electron chi connectivity index (χ3n) is 2.67. The van der Waals surface area contributed by atoms with Gasteiger partial charge in [0.15, 0.2) is 0 Å². The highest BCUT2D eigenvalue weighted by Gasteiger charge is 2.04. The quantitative estimate of drug-likeness (QED) is 0.697. The Hall–Kier alpha value is -0.700. The highest BCUT2D eigenvalue weighted by molar-refractivity contribution is 7.97. The van der Waals surface area contributed by atoms with Gasteiger partial charge in [-0.25, -0.2) is 4.98 Å². The lowest BCUT2D eigenvalue weighted by molar-refractivity contribution is 1.17. The number of benzene rings is 1. The van der Waals surface area contributed by atoms with Crippen molar-refractivity contribution in [3.05, 3.63) is 62.9 Å². The van der Waals surface area contributed by atoms with E-state index in [2.05, 4.69) is 37.0 Å². The number of hydrogen-bond donors (Lipinski definition) is 0. The normalized spacial score (nSPS) is 10.7. The van der Waals surface area contributed by atoms with E-state index >= 15 is 0 Å². The van der Waals surface area contributed by atoms with E-state index in [1.807, 2.05) is 0 Å². The molecule has 2 rings (SSSR count). The van der Waals surface area contributed by atoms with E-state index < -0.39 is 0 Å². The largest absolute Gasteiger partial charge is 0.239 e. The first-order valence-electron chi connectivity index (χ1n) is 6.00. The number of rotatable bonds is 4. The summed E-state index contributed by atoms with van der Waals surface area (Å²) in [6, 6.07) is 10.1. The first-order valence-corrected chi connectivity index (χ1v) is 7.91. The first kappa shape index (κ1) is 14.7. The maximum absolute atomic E-state index is 6.09. The molecular weight excluding hydrogens is 297 g/mol. The molecule has 0 saturated heterocycles. The van der Waals surface area contributed by atoms with Crippen LogP contribution in [0.4, 0.5) is 0 Å². The standard InChI is InChI=1S/C15H15Cl2NS/c1-10-5-11(2)7-12(6-10)8-19-9-14-13(16)3-4-15(17)18-14/h3-7H,8-9H2,1-2H3. The second-order valence-electron chi connectivity index (χ2n) is 4.55. The second-order valence-corrected chi connectivity index (χ2v) is 6.33. The fourth-order valence-corrected chi connectivity index (χ4v) is 3.31. The zero-order valence-corrected chi connectivity index (χ0v) is 13.2. The molecule has 0 atom stereocenters. The van der Waals surface area contributed by atoms with Crippen LogP contribution in [0, 0.1) is 13.8 Å². The Labute approximate surface area is 128 Å². The Morgan fingerprint density at radius 1 is 1.00 bits per heavy atom. The van der Waals surface area contributed by atoms with Gasteiger partial charge in [0.05, 0.1) is 10.7 Å². The maximum Gasteiger partial charge on any atom is 0.129 e. The van der Waals surface area contributed by atoms with Crippen molar-refractivity contribution in [2.45, 2.75) is 25.4 Å². The van der Waals surface area contributed by atoms with Crippen LogP contribution in [0.25, 0.3) is 0 Å². The Kier molecular flexibility index (Phi) is 5.14. The molecule has 0 aliphatic heterocycles. The summed E-state index contributed by atoms with van der Waals surface area (Å²) in [4.78, 5) is 4.25. The minimum absolute atomic E-state index is 0.492. The van der Waals surface area contributed by atoms with E-state index in [1.54, 1.807) is 23.9 Å². The van der Waals surface area contributed by atoms with Gasteiger partial charge in [-0.2, -0.15) is 11.8 Å². The molecule has 0 aliphatic carbocycles. The molecule has 1 heterocycles. The first-order chi connectivity index (χ1) is 9.04. The minimum atomic E-state index is 0.492. The van der Waals surface area contributed by atoms with E-state index in [0.717, 1.165) is 17.2 Å². The van der Waals surface area contributed by atoms with E-state index in [9.17, 15) is 0 Å². The van der Waals surface area contributed by atoms with Crippen molar-refractivity contribution in [1.29, 1.82) is 0 Å². The van der Waals surface area contributed by atoms with Crippen molar-refractivity contribution in [2.24, 2.45) is 0 Å². The molecule has 0 N–H and O–H groups in total. The maximum atomic E-state index is 6.09. The Morgan fingerprint density at radius 3 is 2.37 bits per heavy atom. The molecule has 0 aliphatic rings. The fraction of sp³-hybridized carbons (Fsp3) is 0.267. The molecule has 19 heavy (non-hydrogen) atoms. The summed E-state index contributed by atoms with van der Waals surface area (Å²) in [7, 11) is 0. The molecule has 0 radical (unpaired) electrons. The summed E-state index contributed by atoms with van der Waals surface area (Å²) in [6.07, 6.45) is 0. The van der Waals surface area contributed by atoms with Gasteiger partial charge in [0, 0.05) is 11.5 Å². The summed E-state index contributed by atoms with van der Waals surface area (Å²) in [5.74, 6) is 1.72. The van der Waals surface area contributed by atoms with Crippen LogP contribution < -0.4 is 0 Å². The molecule has 0 saturated carbocycles. The Bertz CT molecular complexity index is 564. The third kappa shape index (κ3) is 4.41. The van der Waals surface area contributed by atoms with Crippen molar-refractivity contribution in [2.75, 3.05) is 0 Å². The SMILES string of the molecule is Cc1cc(C)cc(CSCc2nc(Cl)ccc2Cl)c1. The van der Waals surface area contributed by atoms with Crippen LogP contribution in [0.5, 0.6) is 0 Å². The monoisotopic (exact) mass is 311 g/mol. The van der Waals surface area contributed by atoms with Gasteiger partial charge in [0.25, 0.3) is 0 Å². The number of aromatic nitrogens is 1. The lowest BCUT2D eigenvalue weighted by Gasteiger charge is -2.06. The second kappa shape index (κ2) is 6.65. The molecule has 0 bridgehead atoms. The van der Waals surface area contributed by atoms with Gasteiger partial charge in [-0.05, 0) is 31.5 Å². The predicted octanol–water partition coefficient (Wildman–Crippen LogP) is 5.44. The molecule has 1 nitrogen and oxygen atoms in total. The summed E-state index contributed by atoms with van der Waals surface area (Å²) < 4.78 is 0. The van der Waals surface area contributed by atoms with E-state index in [4.69, 9.17) is 23.2 Å². The van der Waals surface area contributed by atoms with Crippen molar-refractivity contribution < 1.29 is 0 Å². The molecule has 1 aromatic heterocycles. The summed E-state index contributed by atoms with van der Waals surface area (Å²) in [5.41, 5.74) is 4.79. The molecule has 0 fully saturated rings. The minimum Gasteiger partial charge on any atom is -0.239 e. The van der Waals surface area contributed by atoms with E-state index in [0.29, 0.717) is 10.2 Å². The van der Waals surface area contributed by atoms with Crippen molar-refractivity contribution in [3.8, 4) is 0 Å². The van der Waals surface area contributed by atoms with Gasteiger partial charge in [0.1, 0.15) is 5.15 Å². The topological polar surface area (TPSA) is 12.9 Å². The number of hydrogen-bond acceptors (Lipinski definition) is 2. The van der Waals surface area contributed by atoms with Gasteiger partial charge in [-0.15, -0.1) is 0 Å². The predicted molar refractivity (Wildman–Crippen MR) is 85.2 cm³/mol. The molecule has 2 aromatic rings. The molecule has 1 aromatic carbocycles. The smallest absolute Gasteiger partial charge is 0.129 e. The number of nitrogens with zero attached hydrogens (tertiary/aromatic N) is 1. The Morgan fingerprint density at radius 2 is 1.68 bits per heavy atom. The summed E-state index contributed by atoms with van der Waals surface area (Å²) >= 11 is 13.8. The van der Waals surface area contributed by atoms with Gasteiger partial charge in [-0.1, -0.05) is 52.5 Å². The molecule has 0 amide bonds. The van der Waals surface area contributed by atoms with Crippen molar-refractivity contribution in [1.82, 2.24) is 4.98 Å². The molecule has 0 spiro atoms. The molecular formula is C15H15Cl2NS. The van der Waals surface area contributed by atoms with Crippen molar-refractivity contribution >= 4 is 35.0 Å². The van der Waals surface area contributed by atoms with Gasteiger partial charge < -0.3 is 0 Å². The van der Waals surface area contributed by atoms with E-state index in [1.165, 1.54) is 16.7 Å². The number of thioether (sulfide) groups is 1. The van der Waals surface area contributed by atoms with Gasteiger partial charge >= 0.3 is 0 Å². The summed E-state index contributed by atoms with van der Waals surface area (Å²) in [6.45, 7) is 4.24. The molecule has 100 valence electrons. The van der Waals surface area contributed by atoms with Crippen molar-refractivity contribution in [3.63, 3.8) is 0 Å². The molecule has 0 unspecified atom stereocenters. The van der Waals surface area contributed by atoms with Crippen LogP contribution in [0.2, 0.25) is 10.2 Å². The highest BCUT2D eigenvalue weighted by atomic mass is 35.5. The average molecular weight is 312 g/mol. The average Bonchev–Trinajstić information content (AvgIpc) is 2.32. The van der Waals surface area contributed by atoms with E-state index in [-0.39, 0.29) is 0 Å². The van der Waals surface area contributed by atoms with Crippen LogP contribution in [0.15, 0.2) is 30.3 Å². The molecule has 4 heteroatoms. The fourth-order valence-electron chi connectivity index (χ4n) is 1.98. The van der Waals surface area contributed by atoms with Gasteiger partial charge in [-0.3, -0.25) is 0 Å². The van der Waals surface area contributed by atoms with Crippen LogP contribution >= 0.6 is 35.0 Å². The third-order valence-corrected chi connectivity index (χ3v) is 4.24. The Balaban J connectivity index is 1.98. The van der Waals surface area contributed by atoms with Crippen LogP contribution in [-0.2, 0) is 11.5 Å². The lowest BCUT2D eigenvalue weighted by Crippen LogP contribution is -1.91. The number of aryl methyl sites for hydroxylation is 2. The van der Waals surface area contributed by atoms with Crippen LogP contribution in [0.1, 0.15) is 22.4 Å². The van der Waals surface area contributed by atoms with Crippen LogP contribution in [0.3, 0.4) is 0 Å². The lowest BCUT2D eigenvalue weighted by atomic mass is 10.1. The van der Waals surface area contributed by atoms with Gasteiger partial charge in [0.2, 0.25) is 0 Å². The zero-order chi connectivity index (χ0) is 13.8. The number of halogens is 2.